The van der Waals surface area contributed by atoms with Gasteiger partial charge in [-0.2, -0.15) is 0 Å². The number of carbonyl (C=O) groups excluding carboxylic acids is 1. The van der Waals surface area contributed by atoms with E-state index < -0.39 is 0 Å². The molecular weight excluding hydrogens is 314 g/mol. The summed E-state index contributed by atoms with van der Waals surface area (Å²) in [6.45, 7) is 6.36. The molecule has 0 aliphatic carbocycles. The lowest BCUT2D eigenvalue weighted by Gasteiger charge is -2.35. The molecule has 1 unspecified atom stereocenters. The molecular formula is C20H27N3O2. The number of aromatic nitrogens is 1. The number of aliphatic hydroxyl groups excluding tert-OH is 1. The van der Waals surface area contributed by atoms with Crippen molar-refractivity contribution in [1.82, 2.24) is 14.4 Å². The average molecular weight is 341 g/mol. The van der Waals surface area contributed by atoms with Crippen LogP contribution in [-0.4, -0.2) is 64.2 Å². The Kier molecular flexibility index (Phi) is 5.89. The van der Waals surface area contributed by atoms with Crippen LogP contribution in [0.4, 0.5) is 0 Å². The van der Waals surface area contributed by atoms with E-state index in [0.29, 0.717) is 6.54 Å². The molecule has 1 N–H and O–H groups in total. The van der Waals surface area contributed by atoms with Gasteiger partial charge in [0.1, 0.15) is 5.69 Å². The zero-order valence-electron chi connectivity index (χ0n) is 14.8. The number of hydrogen-bond donors (Lipinski definition) is 1. The molecule has 0 spiro atoms. The number of hydrogen-bond acceptors (Lipinski definition) is 3. The van der Waals surface area contributed by atoms with Crippen molar-refractivity contribution in [2.24, 2.45) is 0 Å². The molecule has 0 saturated carbocycles. The molecule has 1 saturated heterocycles. The lowest BCUT2D eigenvalue weighted by molar-refractivity contribution is 0.0545. The van der Waals surface area contributed by atoms with Crippen LogP contribution in [0, 0.1) is 0 Å². The second-order valence-electron chi connectivity index (χ2n) is 6.76. The zero-order valence-corrected chi connectivity index (χ0v) is 14.8. The van der Waals surface area contributed by atoms with Crippen LogP contribution in [0.2, 0.25) is 0 Å². The molecule has 0 radical (unpaired) electrons. The fourth-order valence-corrected chi connectivity index (χ4v) is 3.37. The van der Waals surface area contributed by atoms with Crippen LogP contribution in [0.15, 0.2) is 48.7 Å². The Labute approximate surface area is 149 Å². The van der Waals surface area contributed by atoms with E-state index in [1.807, 2.05) is 41.4 Å². The van der Waals surface area contributed by atoms with E-state index in [9.17, 15) is 9.90 Å². The Morgan fingerprint density at radius 3 is 2.48 bits per heavy atom. The first-order valence-electron chi connectivity index (χ1n) is 9.02. The van der Waals surface area contributed by atoms with Gasteiger partial charge in [0.25, 0.3) is 5.91 Å². The maximum absolute atomic E-state index is 12.9. The largest absolute Gasteiger partial charge is 0.392 e. The van der Waals surface area contributed by atoms with Crippen molar-refractivity contribution in [3.63, 3.8) is 0 Å². The number of β-amino-alcohol motifs (C(OH)–C–C–N with tert-alkyl or cyclic N) is 1. The van der Waals surface area contributed by atoms with Crippen molar-refractivity contribution in [1.29, 1.82) is 0 Å². The maximum atomic E-state index is 12.9. The minimum Gasteiger partial charge on any atom is -0.392 e. The van der Waals surface area contributed by atoms with E-state index in [2.05, 4.69) is 21.6 Å². The topological polar surface area (TPSA) is 48.7 Å². The normalized spacial score (nSPS) is 16.8. The number of carbonyl (C=O) groups is 1. The molecule has 1 atom stereocenters. The molecule has 1 aromatic carbocycles. The standard InChI is InChI=1S/C20H27N3O2/c1-17(24)16-21-12-14-23(15-13-21)20(25)19-8-5-10-22(19)11-9-18-6-3-2-4-7-18/h2-8,10,17,24H,9,11-16H2,1H3. The summed E-state index contributed by atoms with van der Waals surface area (Å²) in [5.74, 6) is 0.106. The monoisotopic (exact) mass is 341 g/mol. The van der Waals surface area contributed by atoms with Gasteiger partial charge in [-0.25, -0.2) is 0 Å². The van der Waals surface area contributed by atoms with Gasteiger partial charge >= 0.3 is 0 Å². The van der Waals surface area contributed by atoms with E-state index in [1.165, 1.54) is 5.56 Å². The summed E-state index contributed by atoms with van der Waals surface area (Å²) in [6, 6.07) is 14.2. The van der Waals surface area contributed by atoms with E-state index in [1.54, 1.807) is 6.92 Å². The Balaban J connectivity index is 1.57. The highest BCUT2D eigenvalue weighted by Gasteiger charge is 2.24. The Bertz CT molecular complexity index is 673. The van der Waals surface area contributed by atoms with E-state index >= 15 is 0 Å². The third-order valence-corrected chi connectivity index (χ3v) is 4.71. The minimum absolute atomic E-state index is 0.106. The molecule has 2 heterocycles. The lowest BCUT2D eigenvalue weighted by atomic mass is 10.1. The molecule has 1 aliphatic heterocycles. The molecule has 134 valence electrons. The molecule has 1 fully saturated rings. The second-order valence-corrected chi connectivity index (χ2v) is 6.76. The highest BCUT2D eigenvalue weighted by atomic mass is 16.3. The van der Waals surface area contributed by atoms with Crippen LogP contribution in [0.25, 0.3) is 0 Å². The maximum Gasteiger partial charge on any atom is 0.270 e. The highest BCUT2D eigenvalue weighted by Crippen LogP contribution is 2.12. The fraction of sp³-hybridized carbons (Fsp3) is 0.450. The first-order valence-corrected chi connectivity index (χ1v) is 9.02. The predicted octanol–water partition coefficient (Wildman–Crippen LogP) is 1.87. The van der Waals surface area contributed by atoms with Gasteiger partial charge in [-0.05, 0) is 31.0 Å². The summed E-state index contributed by atoms with van der Waals surface area (Å²) in [4.78, 5) is 17.0. The van der Waals surface area contributed by atoms with Crippen molar-refractivity contribution in [3.05, 3.63) is 59.9 Å². The van der Waals surface area contributed by atoms with Gasteiger partial charge in [-0.15, -0.1) is 0 Å². The van der Waals surface area contributed by atoms with E-state index in [0.717, 1.165) is 44.8 Å². The van der Waals surface area contributed by atoms with Gasteiger partial charge in [0.2, 0.25) is 0 Å². The second kappa shape index (κ2) is 8.32. The summed E-state index contributed by atoms with van der Waals surface area (Å²) in [5, 5.41) is 9.49. The molecule has 1 aromatic heterocycles. The number of aryl methyl sites for hydroxylation is 2. The van der Waals surface area contributed by atoms with Gasteiger partial charge in [0.15, 0.2) is 0 Å². The first-order chi connectivity index (χ1) is 12.1. The van der Waals surface area contributed by atoms with Crippen molar-refractivity contribution in [3.8, 4) is 0 Å². The number of amides is 1. The molecule has 2 aromatic rings. The number of rotatable bonds is 6. The molecule has 5 heteroatoms. The predicted molar refractivity (Wildman–Crippen MR) is 98.6 cm³/mol. The van der Waals surface area contributed by atoms with E-state index in [-0.39, 0.29) is 12.0 Å². The van der Waals surface area contributed by atoms with Crippen molar-refractivity contribution in [2.75, 3.05) is 32.7 Å². The van der Waals surface area contributed by atoms with Crippen LogP contribution < -0.4 is 0 Å². The van der Waals surface area contributed by atoms with Crippen LogP contribution in [0.5, 0.6) is 0 Å². The van der Waals surface area contributed by atoms with E-state index in [4.69, 9.17) is 0 Å². The fourth-order valence-electron chi connectivity index (χ4n) is 3.37. The Morgan fingerprint density at radius 1 is 1.08 bits per heavy atom. The summed E-state index contributed by atoms with van der Waals surface area (Å²) in [6.07, 6.45) is 2.58. The molecule has 3 rings (SSSR count). The third-order valence-electron chi connectivity index (χ3n) is 4.71. The Morgan fingerprint density at radius 2 is 1.80 bits per heavy atom. The SMILES string of the molecule is CC(O)CN1CCN(C(=O)c2cccn2CCc2ccccc2)CC1. The van der Waals surface area contributed by atoms with Crippen molar-refractivity contribution >= 4 is 5.91 Å². The Hall–Kier alpha value is -2.11. The van der Waals surface area contributed by atoms with Crippen LogP contribution in [0.1, 0.15) is 23.0 Å². The summed E-state index contributed by atoms with van der Waals surface area (Å²) in [5.41, 5.74) is 2.04. The van der Waals surface area contributed by atoms with Gasteiger partial charge in [0.05, 0.1) is 6.10 Å². The highest BCUT2D eigenvalue weighted by molar-refractivity contribution is 5.92. The molecule has 1 amide bonds. The van der Waals surface area contributed by atoms with Crippen LogP contribution in [-0.2, 0) is 13.0 Å². The van der Waals surface area contributed by atoms with Crippen LogP contribution >= 0.6 is 0 Å². The summed E-state index contributed by atoms with van der Waals surface area (Å²) < 4.78 is 2.05. The minimum atomic E-state index is -0.322. The van der Waals surface area contributed by atoms with Gasteiger partial charge in [0, 0.05) is 45.5 Å². The van der Waals surface area contributed by atoms with Crippen molar-refractivity contribution < 1.29 is 9.90 Å². The summed E-state index contributed by atoms with van der Waals surface area (Å²) in [7, 11) is 0. The van der Waals surface area contributed by atoms with Gasteiger partial charge in [-0.1, -0.05) is 30.3 Å². The van der Waals surface area contributed by atoms with Crippen molar-refractivity contribution in [2.45, 2.75) is 26.0 Å². The van der Waals surface area contributed by atoms with Crippen LogP contribution in [0.3, 0.4) is 0 Å². The number of nitrogens with zero attached hydrogens (tertiary/aromatic N) is 3. The van der Waals surface area contributed by atoms with Gasteiger partial charge in [-0.3, -0.25) is 9.69 Å². The molecule has 5 nitrogen and oxygen atoms in total. The molecule has 25 heavy (non-hydrogen) atoms. The zero-order chi connectivity index (χ0) is 17.6. The number of benzene rings is 1. The quantitative estimate of drug-likeness (QED) is 0.873. The number of aliphatic hydroxyl groups is 1. The average Bonchev–Trinajstić information content (AvgIpc) is 3.09. The summed E-state index contributed by atoms with van der Waals surface area (Å²) >= 11 is 0. The lowest BCUT2D eigenvalue weighted by Crippen LogP contribution is -2.50. The number of piperazine rings is 1. The third kappa shape index (κ3) is 4.71. The van der Waals surface area contributed by atoms with Gasteiger partial charge < -0.3 is 14.6 Å². The first kappa shape index (κ1) is 17.7. The molecule has 1 aliphatic rings. The smallest absolute Gasteiger partial charge is 0.270 e. The molecule has 0 bridgehead atoms.